The van der Waals surface area contributed by atoms with E-state index in [1.165, 1.54) is 32.1 Å². The maximum absolute atomic E-state index is 4.40. The zero-order valence-electron chi connectivity index (χ0n) is 9.18. The van der Waals surface area contributed by atoms with Crippen molar-refractivity contribution in [3.63, 3.8) is 0 Å². The molecule has 15 heavy (non-hydrogen) atoms. The fraction of sp³-hybridized carbons (Fsp3) is 0.909. The summed E-state index contributed by atoms with van der Waals surface area (Å²) in [6.07, 6.45) is 6.63. The number of rotatable bonds is 1. The second kappa shape index (κ2) is 3.67. The lowest BCUT2D eigenvalue weighted by Gasteiger charge is -2.48. The highest BCUT2D eigenvalue weighted by Gasteiger charge is 2.41. The minimum atomic E-state index is 0.481. The average Bonchev–Trinajstić information content (AvgIpc) is 2.69. The first-order chi connectivity index (χ1) is 7.36. The van der Waals surface area contributed by atoms with Gasteiger partial charge in [-0.2, -0.15) is 0 Å². The molecule has 0 radical (unpaired) electrons. The van der Waals surface area contributed by atoms with E-state index in [1.807, 2.05) is 0 Å². The van der Waals surface area contributed by atoms with Crippen LogP contribution in [0.2, 0.25) is 0 Å². The summed E-state index contributed by atoms with van der Waals surface area (Å²) in [5.74, 6) is 1.02. The molecule has 0 aromatic rings. The van der Waals surface area contributed by atoms with Gasteiger partial charge in [-0.1, -0.05) is 0 Å². The Morgan fingerprint density at radius 1 is 1.33 bits per heavy atom. The highest BCUT2D eigenvalue weighted by atomic mass is 15.2. The molecule has 3 rings (SSSR count). The number of nitrogens with zero attached hydrogens (tertiary/aromatic N) is 1. The van der Waals surface area contributed by atoms with Crippen LogP contribution in [0.5, 0.6) is 0 Å². The summed E-state index contributed by atoms with van der Waals surface area (Å²) in [5.41, 5.74) is 0.481. The molecule has 1 aliphatic carbocycles. The molecule has 0 amide bonds. The molecule has 4 heteroatoms. The van der Waals surface area contributed by atoms with Gasteiger partial charge in [0.05, 0.1) is 6.54 Å². The van der Waals surface area contributed by atoms with E-state index in [4.69, 9.17) is 0 Å². The molecule has 0 bridgehead atoms. The van der Waals surface area contributed by atoms with Crippen molar-refractivity contribution in [2.24, 2.45) is 4.99 Å². The Morgan fingerprint density at radius 3 is 2.93 bits per heavy atom. The van der Waals surface area contributed by atoms with Crippen LogP contribution >= 0.6 is 0 Å². The smallest absolute Gasteiger partial charge is 0.191 e. The van der Waals surface area contributed by atoms with E-state index in [0.717, 1.165) is 25.6 Å². The third-order valence-corrected chi connectivity index (χ3v) is 3.96. The zero-order valence-corrected chi connectivity index (χ0v) is 9.18. The molecule has 1 saturated carbocycles. The predicted molar refractivity (Wildman–Crippen MR) is 61.0 cm³/mol. The molecule has 0 aromatic heterocycles. The third kappa shape index (κ3) is 1.83. The maximum Gasteiger partial charge on any atom is 0.191 e. The van der Waals surface area contributed by atoms with Crippen molar-refractivity contribution in [2.75, 3.05) is 19.6 Å². The van der Waals surface area contributed by atoms with Gasteiger partial charge in [0.25, 0.3) is 0 Å². The Labute approximate surface area is 90.9 Å². The maximum atomic E-state index is 4.40. The highest BCUT2D eigenvalue weighted by molar-refractivity contribution is 5.81. The number of piperidine rings is 1. The molecule has 1 saturated heterocycles. The van der Waals surface area contributed by atoms with E-state index in [-0.39, 0.29) is 0 Å². The van der Waals surface area contributed by atoms with Gasteiger partial charge in [0.1, 0.15) is 0 Å². The summed E-state index contributed by atoms with van der Waals surface area (Å²) in [5, 5.41) is 10.5. The van der Waals surface area contributed by atoms with E-state index >= 15 is 0 Å². The van der Waals surface area contributed by atoms with Crippen LogP contribution in [-0.4, -0.2) is 37.2 Å². The summed E-state index contributed by atoms with van der Waals surface area (Å²) in [6, 6.07) is 0.621. The van der Waals surface area contributed by atoms with Crippen LogP contribution in [0.3, 0.4) is 0 Å². The summed E-state index contributed by atoms with van der Waals surface area (Å²) < 4.78 is 0. The highest BCUT2D eigenvalue weighted by Crippen LogP contribution is 2.38. The van der Waals surface area contributed by atoms with E-state index in [0.29, 0.717) is 11.6 Å². The number of aliphatic imine (C=N–C) groups is 1. The molecule has 1 unspecified atom stereocenters. The quantitative estimate of drug-likeness (QED) is 0.577. The van der Waals surface area contributed by atoms with Gasteiger partial charge in [0.15, 0.2) is 5.96 Å². The predicted octanol–water partition coefficient (Wildman–Crippen LogP) is 0.210. The summed E-state index contributed by atoms with van der Waals surface area (Å²) in [7, 11) is 0. The first-order valence-corrected chi connectivity index (χ1v) is 6.16. The van der Waals surface area contributed by atoms with E-state index < -0.39 is 0 Å². The lowest BCUT2D eigenvalue weighted by atomic mass is 9.70. The van der Waals surface area contributed by atoms with Crippen molar-refractivity contribution >= 4 is 5.96 Å². The number of guanidine groups is 1. The normalized spacial score (nSPS) is 33.1. The third-order valence-electron chi connectivity index (χ3n) is 3.96. The standard InChI is InChI=1S/C11H20N4/c1-3-11(4-1)8-9(2-5-14-11)15-10-12-6-7-13-10/h9,14H,1-8H2,(H2,12,13,15). The van der Waals surface area contributed by atoms with Crippen molar-refractivity contribution in [1.82, 2.24) is 16.0 Å². The topological polar surface area (TPSA) is 48.5 Å². The SMILES string of the molecule is C1CC2(C1)CC(NC1=NCCN1)CCN2. The van der Waals surface area contributed by atoms with Crippen LogP contribution in [0, 0.1) is 0 Å². The molecular formula is C11H20N4. The largest absolute Gasteiger partial charge is 0.355 e. The number of nitrogens with one attached hydrogen (secondary N) is 3. The van der Waals surface area contributed by atoms with Crippen LogP contribution in [0.1, 0.15) is 32.1 Å². The first kappa shape index (κ1) is 9.46. The lowest BCUT2D eigenvalue weighted by Crippen LogP contribution is -2.60. The molecule has 1 spiro atoms. The number of hydrogen-bond acceptors (Lipinski definition) is 4. The Bertz CT molecular complexity index is 270. The van der Waals surface area contributed by atoms with E-state index in [1.54, 1.807) is 0 Å². The van der Waals surface area contributed by atoms with Gasteiger partial charge in [-0.25, -0.2) is 0 Å². The Kier molecular flexibility index (Phi) is 2.31. The molecule has 1 atom stereocenters. The van der Waals surface area contributed by atoms with Crippen LogP contribution in [-0.2, 0) is 0 Å². The Morgan fingerprint density at radius 2 is 2.27 bits per heavy atom. The molecule has 2 aliphatic heterocycles. The average molecular weight is 208 g/mol. The minimum Gasteiger partial charge on any atom is -0.355 e. The van der Waals surface area contributed by atoms with Crippen molar-refractivity contribution < 1.29 is 0 Å². The second-order valence-electron chi connectivity index (χ2n) is 5.05. The summed E-state index contributed by atoms with van der Waals surface area (Å²) in [6.45, 7) is 3.09. The van der Waals surface area contributed by atoms with Gasteiger partial charge in [-0.15, -0.1) is 0 Å². The van der Waals surface area contributed by atoms with Crippen LogP contribution in [0.15, 0.2) is 4.99 Å². The molecule has 3 aliphatic rings. The molecule has 2 fully saturated rings. The molecule has 2 heterocycles. The van der Waals surface area contributed by atoms with E-state index in [9.17, 15) is 0 Å². The van der Waals surface area contributed by atoms with Crippen molar-refractivity contribution in [3.8, 4) is 0 Å². The summed E-state index contributed by atoms with van der Waals surface area (Å²) >= 11 is 0. The molecule has 3 N–H and O–H groups in total. The summed E-state index contributed by atoms with van der Waals surface area (Å²) in [4.78, 5) is 4.40. The minimum absolute atomic E-state index is 0.481. The molecule has 0 aromatic carbocycles. The molecular weight excluding hydrogens is 188 g/mol. The van der Waals surface area contributed by atoms with Gasteiger partial charge < -0.3 is 16.0 Å². The van der Waals surface area contributed by atoms with Crippen molar-refractivity contribution in [1.29, 1.82) is 0 Å². The van der Waals surface area contributed by atoms with Gasteiger partial charge >= 0.3 is 0 Å². The Balaban J connectivity index is 1.57. The zero-order chi connectivity index (χ0) is 10.1. The Hall–Kier alpha value is -0.770. The molecule has 84 valence electrons. The van der Waals surface area contributed by atoms with Gasteiger partial charge in [-0.05, 0) is 38.6 Å². The molecule has 4 nitrogen and oxygen atoms in total. The van der Waals surface area contributed by atoms with Crippen LogP contribution < -0.4 is 16.0 Å². The van der Waals surface area contributed by atoms with Crippen LogP contribution in [0.25, 0.3) is 0 Å². The van der Waals surface area contributed by atoms with Gasteiger partial charge in [0, 0.05) is 18.1 Å². The fourth-order valence-electron chi connectivity index (χ4n) is 2.95. The monoisotopic (exact) mass is 208 g/mol. The van der Waals surface area contributed by atoms with Gasteiger partial charge in [-0.3, -0.25) is 4.99 Å². The van der Waals surface area contributed by atoms with Crippen molar-refractivity contribution in [2.45, 2.75) is 43.7 Å². The fourth-order valence-corrected chi connectivity index (χ4v) is 2.95. The van der Waals surface area contributed by atoms with Crippen LogP contribution in [0.4, 0.5) is 0 Å². The van der Waals surface area contributed by atoms with E-state index in [2.05, 4.69) is 20.9 Å². The lowest BCUT2D eigenvalue weighted by molar-refractivity contribution is 0.125. The number of hydrogen-bond donors (Lipinski definition) is 3. The first-order valence-electron chi connectivity index (χ1n) is 6.16. The van der Waals surface area contributed by atoms with Crippen molar-refractivity contribution in [3.05, 3.63) is 0 Å². The van der Waals surface area contributed by atoms with Gasteiger partial charge in [0.2, 0.25) is 0 Å². The second-order valence-corrected chi connectivity index (χ2v) is 5.05.